The molecule has 0 spiro atoms. The normalized spacial score (nSPS) is 15.6. The molecule has 10 nitrogen and oxygen atoms in total. The number of carbonyl (C=O) groups is 2. The largest absolute Gasteiger partial charge is 0.465 e. The summed E-state index contributed by atoms with van der Waals surface area (Å²) < 4.78 is 11.3. The minimum absolute atomic E-state index is 0.0699. The van der Waals surface area contributed by atoms with E-state index < -0.39 is 19.5 Å². The van der Waals surface area contributed by atoms with Crippen LogP contribution in [-0.2, 0) is 29.9 Å². The average molecular weight is 931 g/mol. The van der Waals surface area contributed by atoms with E-state index in [0.717, 1.165) is 9.79 Å². The standard InChI is InChI=1S/C48H78N6O4S4/c1-41(2,3)35-19-23-37(24-20-35)61-47(17,53-49-43(7,8)9)29-27-39(55)57-31-33-59-45(13,14)51-52-46(15,16)60-34-32-58-40(56)28-30-48(18,54-50-44(10,11)12)62-38-25-21-36(22-26-38)42(4,5)6/h19-26H,27-34H2,1-18H3. The Bertz CT molecular complexity index is 1670. The molecule has 0 N–H and O–H groups in total. The molecule has 0 saturated heterocycles. The van der Waals surface area contributed by atoms with Gasteiger partial charge in [-0.25, -0.2) is 0 Å². The van der Waals surface area contributed by atoms with Crippen LogP contribution in [-0.4, -0.2) is 67.2 Å². The van der Waals surface area contributed by atoms with Crippen LogP contribution in [0.25, 0.3) is 0 Å². The molecule has 0 aliphatic carbocycles. The van der Waals surface area contributed by atoms with E-state index in [2.05, 4.69) is 111 Å². The van der Waals surface area contributed by atoms with Gasteiger partial charge >= 0.3 is 11.9 Å². The molecule has 0 aromatic heterocycles. The second-order valence-corrected chi connectivity index (χ2v) is 27.6. The van der Waals surface area contributed by atoms with Crippen molar-refractivity contribution in [3.05, 3.63) is 59.7 Å². The van der Waals surface area contributed by atoms with Crippen molar-refractivity contribution in [3.8, 4) is 0 Å². The molecule has 0 aliphatic rings. The molecular weight excluding hydrogens is 853 g/mol. The summed E-state index contributed by atoms with van der Waals surface area (Å²) in [6.45, 7) is 37.9. The first-order valence-electron chi connectivity index (χ1n) is 21.7. The molecule has 14 heteroatoms. The van der Waals surface area contributed by atoms with Gasteiger partial charge in [0.25, 0.3) is 0 Å². The van der Waals surface area contributed by atoms with E-state index >= 15 is 0 Å². The molecule has 348 valence electrons. The van der Waals surface area contributed by atoms with Crippen LogP contribution in [0.15, 0.2) is 89.0 Å². The second-order valence-electron chi connectivity index (χ2n) is 21.1. The smallest absolute Gasteiger partial charge is 0.305 e. The number of benzene rings is 2. The first-order valence-corrected chi connectivity index (χ1v) is 25.3. The van der Waals surface area contributed by atoms with Crippen LogP contribution < -0.4 is 0 Å². The highest BCUT2D eigenvalue weighted by Crippen LogP contribution is 2.41. The van der Waals surface area contributed by atoms with Gasteiger partial charge in [0.15, 0.2) is 0 Å². The molecule has 0 saturated carbocycles. The van der Waals surface area contributed by atoms with Gasteiger partial charge in [-0.05, 0) is 142 Å². The highest BCUT2D eigenvalue weighted by atomic mass is 32.2. The number of hydrogen-bond donors (Lipinski definition) is 0. The zero-order chi connectivity index (χ0) is 47.3. The van der Waals surface area contributed by atoms with Crippen LogP contribution in [0, 0.1) is 0 Å². The third-order valence-electron chi connectivity index (χ3n) is 8.96. The third-order valence-corrected chi connectivity index (χ3v) is 13.7. The Balaban J connectivity index is 1.83. The van der Waals surface area contributed by atoms with Crippen LogP contribution >= 0.6 is 47.0 Å². The lowest BCUT2D eigenvalue weighted by Crippen LogP contribution is -2.22. The van der Waals surface area contributed by atoms with Gasteiger partial charge in [-0.3, -0.25) is 9.59 Å². The fraction of sp³-hybridized carbons (Fsp3) is 0.708. The molecule has 0 aliphatic heterocycles. The van der Waals surface area contributed by atoms with E-state index in [1.165, 1.54) is 11.1 Å². The fourth-order valence-corrected chi connectivity index (χ4v) is 8.97. The van der Waals surface area contributed by atoms with Crippen molar-refractivity contribution in [2.75, 3.05) is 24.7 Å². The first kappa shape index (κ1) is 55.7. The van der Waals surface area contributed by atoms with Crippen molar-refractivity contribution < 1.29 is 19.1 Å². The number of azo groups is 3. The maximum Gasteiger partial charge on any atom is 0.305 e. The summed E-state index contributed by atoms with van der Waals surface area (Å²) in [6, 6.07) is 17.1. The summed E-state index contributed by atoms with van der Waals surface area (Å²) >= 11 is 6.39. The average Bonchev–Trinajstić information content (AvgIpc) is 3.14. The van der Waals surface area contributed by atoms with E-state index in [-0.39, 0.29) is 59.9 Å². The third kappa shape index (κ3) is 23.5. The van der Waals surface area contributed by atoms with E-state index in [4.69, 9.17) is 19.7 Å². The molecule has 0 bridgehead atoms. The highest BCUT2D eigenvalue weighted by Gasteiger charge is 2.30. The lowest BCUT2D eigenvalue weighted by atomic mass is 9.87. The number of thioether (sulfide) groups is 4. The first-order chi connectivity index (χ1) is 28.2. The van der Waals surface area contributed by atoms with Gasteiger partial charge in [-0.2, -0.15) is 30.7 Å². The summed E-state index contributed by atoms with van der Waals surface area (Å²) in [5, 5.41) is 27.9. The van der Waals surface area contributed by atoms with Crippen molar-refractivity contribution in [2.24, 2.45) is 30.7 Å². The Labute approximate surface area is 392 Å². The van der Waals surface area contributed by atoms with Crippen molar-refractivity contribution >= 4 is 59.0 Å². The summed E-state index contributed by atoms with van der Waals surface area (Å²) in [7, 11) is 0. The van der Waals surface area contributed by atoms with Gasteiger partial charge in [-0.15, -0.1) is 23.5 Å². The summed E-state index contributed by atoms with van der Waals surface area (Å²) in [6.07, 6.45) is 1.45. The minimum Gasteiger partial charge on any atom is -0.465 e. The summed E-state index contributed by atoms with van der Waals surface area (Å²) in [4.78, 5) is 25.6. The van der Waals surface area contributed by atoms with Gasteiger partial charge in [0.1, 0.15) is 32.7 Å². The second kappa shape index (κ2) is 23.2. The predicted octanol–water partition coefficient (Wildman–Crippen LogP) is 15.1. The maximum absolute atomic E-state index is 12.9. The lowest BCUT2D eigenvalue weighted by molar-refractivity contribution is -0.144. The van der Waals surface area contributed by atoms with E-state index in [0.29, 0.717) is 24.3 Å². The molecule has 0 fully saturated rings. The fourth-order valence-electron chi connectivity index (χ4n) is 5.31. The van der Waals surface area contributed by atoms with Crippen molar-refractivity contribution in [1.82, 2.24) is 0 Å². The molecular formula is C48H78N6O4S4. The number of ether oxygens (including phenoxy) is 2. The number of rotatable bonds is 22. The SMILES string of the molecule is CC(C)(C)N=NC(C)(CCC(=O)OCCSC(C)(C)N=NC(C)(C)SCCOC(=O)CCC(C)(N=NC(C)(C)C)Sc1ccc(C(C)(C)C)cc1)Sc1ccc(C(C)(C)C)cc1. The van der Waals surface area contributed by atoms with Gasteiger partial charge in [-0.1, -0.05) is 89.3 Å². The Morgan fingerprint density at radius 1 is 0.452 bits per heavy atom. The van der Waals surface area contributed by atoms with Crippen LogP contribution in [0.1, 0.15) is 161 Å². The highest BCUT2D eigenvalue weighted by molar-refractivity contribution is 8.01. The Morgan fingerprint density at radius 3 is 1.03 bits per heavy atom. The van der Waals surface area contributed by atoms with Crippen LogP contribution in [0.2, 0.25) is 0 Å². The Kier molecular flexibility index (Phi) is 20.8. The molecule has 2 atom stereocenters. The quantitative estimate of drug-likeness (QED) is 0.0494. The monoisotopic (exact) mass is 930 g/mol. The zero-order valence-electron chi connectivity index (χ0n) is 41.2. The van der Waals surface area contributed by atoms with Gasteiger partial charge in [0.2, 0.25) is 0 Å². The maximum atomic E-state index is 12.9. The molecule has 2 aromatic rings. The van der Waals surface area contributed by atoms with Crippen LogP contribution in [0.4, 0.5) is 0 Å². The van der Waals surface area contributed by atoms with E-state index in [1.807, 2.05) is 83.1 Å². The minimum atomic E-state index is -0.625. The van der Waals surface area contributed by atoms with E-state index in [9.17, 15) is 9.59 Å². The summed E-state index contributed by atoms with van der Waals surface area (Å²) in [5.74, 6) is 0.640. The van der Waals surface area contributed by atoms with Gasteiger partial charge in [0.05, 0.1) is 11.1 Å². The number of esters is 2. The molecule has 2 unspecified atom stereocenters. The van der Waals surface area contributed by atoms with Crippen LogP contribution in [0.5, 0.6) is 0 Å². The molecule has 0 amide bonds. The molecule has 2 rings (SSSR count). The van der Waals surface area contributed by atoms with Crippen molar-refractivity contribution in [1.29, 1.82) is 0 Å². The number of hydrogen-bond acceptors (Lipinski definition) is 14. The number of nitrogens with zero attached hydrogens (tertiary/aromatic N) is 6. The van der Waals surface area contributed by atoms with Crippen LogP contribution in [0.3, 0.4) is 0 Å². The predicted molar refractivity (Wildman–Crippen MR) is 266 cm³/mol. The lowest BCUT2D eigenvalue weighted by Gasteiger charge is -2.26. The van der Waals surface area contributed by atoms with E-state index in [1.54, 1.807) is 47.0 Å². The van der Waals surface area contributed by atoms with Crippen molar-refractivity contribution in [2.45, 2.75) is 201 Å². The Hall–Kier alpha value is -2.42. The zero-order valence-corrected chi connectivity index (χ0v) is 44.5. The summed E-state index contributed by atoms with van der Waals surface area (Å²) in [5.41, 5.74) is 2.02. The van der Waals surface area contributed by atoms with Gasteiger partial charge < -0.3 is 9.47 Å². The molecule has 2 aromatic carbocycles. The van der Waals surface area contributed by atoms with Gasteiger partial charge in [0, 0.05) is 34.1 Å². The van der Waals surface area contributed by atoms with Crippen molar-refractivity contribution in [3.63, 3.8) is 0 Å². The Morgan fingerprint density at radius 2 is 0.758 bits per heavy atom. The molecule has 0 heterocycles. The molecule has 62 heavy (non-hydrogen) atoms. The number of carbonyl (C=O) groups excluding carboxylic acids is 2. The topological polar surface area (TPSA) is 127 Å². The molecule has 0 radical (unpaired) electrons.